The van der Waals surface area contributed by atoms with E-state index in [9.17, 15) is 0 Å². The van der Waals surface area contributed by atoms with E-state index in [2.05, 4.69) is 83.9 Å². The molecule has 154 valence electrons. The molecule has 2 heteroatoms. The molecule has 0 atom stereocenters. The van der Waals surface area contributed by atoms with Crippen LogP contribution in [0, 0.1) is 0 Å². The highest BCUT2D eigenvalue weighted by atomic mass is 15.0. The fourth-order valence-electron chi connectivity index (χ4n) is 4.31. The predicted octanol–water partition coefficient (Wildman–Crippen LogP) is 8.69. The van der Waals surface area contributed by atoms with E-state index < -0.39 is 0 Å². The Morgan fingerprint density at radius 1 is 0.867 bits per heavy atom. The number of para-hydroxylation sites is 1. The first-order valence-electron chi connectivity index (χ1n) is 10.9. The molecule has 0 fully saturated rings. The summed E-state index contributed by atoms with van der Waals surface area (Å²) in [5.74, 6) is 0. The standard InChI is InChI=1S/C24H20N2.2C2H6/c1-4-8-15-11-14-21-22(16(15)5-2)19-13-12-18-17-9-6-7-10-20(17)25-23(18)24(19)26(21)3;2*1-2/h4-14,25H,2H2,1,3H3;2*1-2H3/b8-4-;;. The maximum atomic E-state index is 4.09. The number of fused-ring (bicyclic) bond motifs is 7. The molecule has 3 aromatic carbocycles. The van der Waals surface area contributed by atoms with Crippen LogP contribution in [-0.4, -0.2) is 9.55 Å². The molecule has 2 heterocycles. The van der Waals surface area contributed by atoms with Gasteiger partial charge in [0.2, 0.25) is 0 Å². The van der Waals surface area contributed by atoms with Crippen LogP contribution in [-0.2, 0) is 7.05 Å². The monoisotopic (exact) mass is 396 g/mol. The molecule has 0 saturated carbocycles. The van der Waals surface area contributed by atoms with Crippen LogP contribution in [0.3, 0.4) is 0 Å². The SMILES string of the molecule is C=Cc1c(/C=C\C)ccc2c1c1ccc3c4ccccc4[nH]c3c1n2C.CC.CC. The lowest BCUT2D eigenvalue weighted by Crippen LogP contribution is -1.88. The van der Waals surface area contributed by atoms with Crippen molar-refractivity contribution in [2.75, 3.05) is 0 Å². The molecule has 0 spiro atoms. The average Bonchev–Trinajstić information content (AvgIpc) is 3.32. The Kier molecular flexibility index (Phi) is 6.47. The van der Waals surface area contributed by atoms with Crippen LogP contribution in [0.4, 0.5) is 0 Å². The fourth-order valence-corrected chi connectivity index (χ4v) is 4.31. The topological polar surface area (TPSA) is 20.7 Å². The third kappa shape index (κ3) is 3.13. The van der Waals surface area contributed by atoms with Crippen LogP contribution in [0.15, 0.2) is 61.2 Å². The highest BCUT2D eigenvalue weighted by molar-refractivity contribution is 6.23. The smallest absolute Gasteiger partial charge is 0.0734 e. The second-order valence-corrected chi connectivity index (χ2v) is 6.78. The normalized spacial score (nSPS) is 11.0. The number of hydrogen-bond donors (Lipinski definition) is 1. The molecule has 0 radical (unpaired) electrons. The number of aromatic amines is 1. The maximum Gasteiger partial charge on any atom is 0.0734 e. The lowest BCUT2D eigenvalue weighted by atomic mass is 9.99. The summed E-state index contributed by atoms with van der Waals surface area (Å²) in [5.41, 5.74) is 7.26. The number of allylic oxidation sites excluding steroid dienone is 1. The van der Waals surface area contributed by atoms with Gasteiger partial charge in [-0.1, -0.05) is 88.9 Å². The summed E-state index contributed by atoms with van der Waals surface area (Å²) in [5, 5.41) is 5.08. The van der Waals surface area contributed by atoms with Gasteiger partial charge in [0.15, 0.2) is 0 Å². The molecular weight excluding hydrogens is 364 g/mol. The van der Waals surface area contributed by atoms with E-state index in [0.717, 1.165) is 0 Å². The number of aromatic nitrogens is 2. The van der Waals surface area contributed by atoms with Crippen molar-refractivity contribution < 1.29 is 0 Å². The van der Waals surface area contributed by atoms with Gasteiger partial charge >= 0.3 is 0 Å². The minimum atomic E-state index is 1.18. The van der Waals surface area contributed by atoms with Gasteiger partial charge in [-0.2, -0.15) is 0 Å². The first-order chi connectivity index (χ1) is 14.7. The van der Waals surface area contributed by atoms with Gasteiger partial charge in [-0.05, 0) is 30.2 Å². The third-order valence-electron chi connectivity index (χ3n) is 5.43. The van der Waals surface area contributed by atoms with Crippen LogP contribution in [0.25, 0.3) is 55.8 Å². The van der Waals surface area contributed by atoms with Gasteiger partial charge < -0.3 is 9.55 Å². The van der Waals surface area contributed by atoms with Crippen molar-refractivity contribution in [3.63, 3.8) is 0 Å². The van der Waals surface area contributed by atoms with Crippen molar-refractivity contribution in [3.05, 3.63) is 72.3 Å². The molecule has 0 amide bonds. The number of rotatable bonds is 2. The first-order valence-corrected chi connectivity index (χ1v) is 10.9. The van der Waals surface area contributed by atoms with Crippen molar-refractivity contribution >= 4 is 55.8 Å². The summed E-state index contributed by atoms with van der Waals surface area (Å²) in [6, 6.07) is 17.4. The molecule has 0 aliphatic carbocycles. The van der Waals surface area contributed by atoms with Crippen LogP contribution in [0.1, 0.15) is 45.7 Å². The van der Waals surface area contributed by atoms with Gasteiger partial charge in [-0.25, -0.2) is 0 Å². The quantitative estimate of drug-likeness (QED) is 0.308. The predicted molar refractivity (Wildman–Crippen MR) is 137 cm³/mol. The minimum Gasteiger partial charge on any atom is -0.353 e. The molecule has 0 unspecified atom stereocenters. The van der Waals surface area contributed by atoms with E-state index in [-0.39, 0.29) is 0 Å². The number of aryl methyl sites for hydroxylation is 1. The van der Waals surface area contributed by atoms with Gasteiger partial charge in [-0.3, -0.25) is 0 Å². The number of benzene rings is 3. The molecule has 1 N–H and O–H groups in total. The fraction of sp³-hybridized carbons (Fsp3) is 0.214. The minimum absolute atomic E-state index is 1.18. The van der Waals surface area contributed by atoms with Gasteiger partial charge in [0.25, 0.3) is 0 Å². The van der Waals surface area contributed by atoms with Crippen LogP contribution in [0.2, 0.25) is 0 Å². The van der Waals surface area contributed by atoms with Crippen molar-refractivity contribution in [2.45, 2.75) is 34.6 Å². The van der Waals surface area contributed by atoms with E-state index in [1.165, 1.54) is 54.7 Å². The van der Waals surface area contributed by atoms with Gasteiger partial charge in [0, 0.05) is 39.6 Å². The van der Waals surface area contributed by atoms with Crippen LogP contribution >= 0.6 is 0 Å². The van der Waals surface area contributed by atoms with Crippen LogP contribution in [0.5, 0.6) is 0 Å². The molecule has 5 rings (SSSR count). The van der Waals surface area contributed by atoms with Gasteiger partial charge in [-0.15, -0.1) is 0 Å². The van der Waals surface area contributed by atoms with E-state index in [4.69, 9.17) is 0 Å². The number of nitrogens with one attached hydrogen (secondary N) is 1. The van der Waals surface area contributed by atoms with Crippen molar-refractivity contribution in [1.82, 2.24) is 9.55 Å². The number of nitrogens with zero attached hydrogens (tertiary/aromatic N) is 1. The second kappa shape index (κ2) is 9.04. The molecule has 0 bridgehead atoms. The largest absolute Gasteiger partial charge is 0.353 e. The molecule has 30 heavy (non-hydrogen) atoms. The molecule has 0 aliphatic heterocycles. The summed E-state index contributed by atoms with van der Waals surface area (Å²) in [6.07, 6.45) is 6.21. The lowest BCUT2D eigenvalue weighted by Gasteiger charge is -2.04. The first kappa shape index (κ1) is 21.4. The van der Waals surface area contributed by atoms with Crippen molar-refractivity contribution in [2.24, 2.45) is 7.05 Å². The Morgan fingerprint density at radius 3 is 2.27 bits per heavy atom. The highest BCUT2D eigenvalue weighted by Gasteiger charge is 2.16. The number of hydrogen-bond acceptors (Lipinski definition) is 0. The zero-order chi connectivity index (χ0) is 21.8. The van der Waals surface area contributed by atoms with E-state index >= 15 is 0 Å². The Bertz CT molecular complexity index is 1360. The molecule has 5 aromatic rings. The van der Waals surface area contributed by atoms with Gasteiger partial charge in [0.05, 0.1) is 11.0 Å². The maximum absolute atomic E-state index is 4.09. The van der Waals surface area contributed by atoms with Crippen molar-refractivity contribution in [3.8, 4) is 0 Å². The van der Waals surface area contributed by atoms with E-state index in [0.29, 0.717) is 0 Å². The highest BCUT2D eigenvalue weighted by Crippen LogP contribution is 2.38. The summed E-state index contributed by atoms with van der Waals surface area (Å²) in [6.45, 7) is 14.1. The Hall–Kier alpha value is -3.26. The Labute approximate surface area is 179 Å². The van der Waals surface area contributed by atoms with Crippen molar-refractivity contribution in [1.29, 1.82) is 0 Å². The molecular formula is C28H32N2. The van der Waals surface area contributed by atoms with E-state index in [1.807, 2.05) is 40.7 Å². The van der Waals surface area contributed by atoms with Crippen LogP contribution < -0.4 is 0 Å². The molecule has 2 nitrogen and oxygen atoms in total. The zero-order valence-corrected chi connectivity index (χ0v) is 19.0. The molecule has 0 saturated heterocycles. The Balaban J connectivity index is 0.000000606. The summed E-state index contributed by atoms with van der Waals surface area (Å²) in [4.78, 5) is 3.64. The summed E-state index contributed by atoms with van der Waals surface area (Å²) < 4.78 is 2.30. The Morgan fingerprint density at radius 2 is 1.57 bits per heavy atom. The summed E-state index contributed by atoms with van der Waals surface area (Å²) in [7, 11) is 2.15. The second-order valence-electron chi connectivity index (χ2n) is 6.78. The van der Waals surface area contributed by atoms with E-state index in [1.54, 1.807) is 0 Å². The number of H-pyrrole nitrogens is 1. The molecule has 0 aliphatic rings. The van der Waals surface area contributed by atoms with Gasteiger partial charge in [0.1, 0.15) is 0 Å². The summed E-state index contributed by atoms with van der Waals surface area (Å²) >= 11 is 0. The third-order valence-corrected chi connectivity index (χ3v) is 5.43. The zero-order valence-electron chi connectivity index (χ0n) is 19.0. The average molecular weight is 397 g/mol. The lowest BCUT2D eigenvalue weighted by molar-refractivity contribution is 1.02. The molecule has 2 aromatic heterocycles.